The quantitative estimate of drug-likeness (QED) is 0.795. The maximum Gasteiger partial charge on any atom is 0.307 e. The van der Waals surface area contributed by atoms with Crippen LogP contribution in [0.15, 0.2) is 34.6 Å². The summed E-state index contributed by atoms with van der Waals surface area (Å²) in [5.41, 5.74) is 0.720. The van der Waals surface area contributed by atoms with Crippen molar-refractivity contribution in [2.75, 3.05) is 0 Å². The molecule has 78 valence electrons. The molecule has 0 radical (unpaired) electrons. The van der Waals surface area contributed by atoms with Crippen LogP contribution < -0.4 is 4.87 Å². The molecule has 2 aromatic rings. The van der Waals surface area contributed by atoms with Gasteiger partial charge in [-0.1, -0.05) is 29.0 Å². The van der Waals surface area contributed by atoms with E-state index in [0.29, 0.717) is 6.54 Å². The SMILES string of the molecule is O=c1sccn1Cc1ccc(Cl)c(F)c1. The Bertz CT molecular complexity index is 534. The van der Waals surface area contributed by atoms with Crippen molar-refractivity contribution < 1.29 is 4.39 Å². The highest BCUT2D eigenvalue weighted by Gasteiger charge is 2.03. The van der Waals surface area contributed by atoms with Gasteiger partial charge in [0.15, 0.2) is 0 Å². The third-order valence-corrected chi connectivity index (χ3v) is 2.98. The molecule has 0 saturated heterocycles. The summed E-state index contributed by atoms with van der Waals surface area (Å²) in [6, 6.07) is 4.53. The fourth-order valence-corrected chi connectivity index (χ4v) is 1.95. The van der Waals surface area contributed by atoms with Crippen molar-refractivity contribution in [3.63, 3.8) is 0 Å². The topological polar surface area (TPSA) is 22.0 Å². The molecule has 0 aliphatic heterocycles. The number of hydrogen-bond acceptors (Lipinski definition) is 2. The molecule has 0 unspecified atom stereocenters. The zero-order valence-corrected chi connectivity index (χ0v) is 9.19. The fraction of sp³-hybridized carbons (Fsp3) is 0.100. The van der Waals surface area contributed by atoms with Crippen LogP contribution in [0.4, 0.5) is 4.39 Å². The van der Waals surface area contributed by atoms with Gasteiger partial charge in [-0.15, -0.1) is 0 Å². The minimum atomic E-state index is -0.461. The van der Waals surface area contributed by atoms with Gasteiger partial charge >= 0.3 is 4.87 Å². The largest absolute Gasteiger partial charge is 0.307 e. The minimum absolute atomic E-state index is 0.0506. The molecule has 0 N–H and O–H groups in total. The molecule has 0 amide bonds. The number of halogens is 2. The molecule has 2 rings (SSSR count). The van der Waals surface area contributed by atoms with E-state index in [9.17, 15) is 9.18 Å². The first-order valence-electron chi connectivity index (χ1n) is 4.24. The third-order valence-electron chi connectivity index (χ3n) is 1.98. The molecule has 1 aromatic heterocycles. The zero-order valence-electron chi connectivity index (χ0n) is 7.61. The van der Waals surface area contributed by atoms with E-state index in [1.54, 1.807) is 17.6 Å². The summed E-state index contributed by atoms with van der Waals surface area (Å²) in [6.45, 7) is 0.371. The van der Waals surface area contributed by atoms with Gasteiger partial charge < -0.3 is 4.57 Å². The molecule has 0 saturated carbocycles. The van der Waals surface area contributed by atoms with Crippen LogP contribution in [-0.4, -0.2) is 4.57 Å². The first kappa shape index (κ1) is 10.4. The van der Waals surface area contributed by atoms with E-state index in [1.165, 1.54) is 16.7 Å². The number of aromatic nitrogens is 1. The van der Waals surface area contributed by atoms with Crippen molar-refractivity contribution in [3.05, 3.63) is 55.8 Å². The molecule has 0 aliphatic rings. The highest BCUT2D eigenvalue weighted by molar-refractivity contribution is 7.07. The summed E-state index contributed by atoms with van der Waals surface area (Å²) < 4.78 is 14.6. The second kappa shape index (κ2) is 4.16. The standard InChI is InChI=1S/C10H7ClFNOS/c11-8-2-1-7(5-9(8)12)6-13-3-4-15-10(13)14/h1-5H,6H2. The average molecular weight is 244 g/mol. The lowest BCUT2D eigenvalue weighted by molar-refractivity contribution is 0.623. The molecule has 1 heterocycles. The van der Waals surface area contributed by atoms with Crippen LogP contribution in [0.5, 0.6) is 0 Å². The summed E-state index contributed by atoms with van der Waals surface area (Å²) in [7, 11) is 0. The van der Waals surface area contributed by atoms with Crippen molar-refractivity contribution in [2.24, 2.45) is 0 Å². The summed E-state index contributed by atoms with van der Waals surface area (Å²) in [5.74, 6) is -0.461. The normalized spacial score (nSPS) is 10.5. The maximum atomic E-state index is 13.1. The van der Waals surface area contributed by atoms with Crippen molar-refractivity contribution >= 4 is 22.9 Å². The number of benzene rings is 1. The van der Waals surface area contributed by atoms with Gasteiger partial charge in [0.05, 0.1) is 11.6 Å². The maximum absolute atomic E-state index is 13.1. The Morgan fingerprint density at radius 1 is 1.47 bits per heavy atom. The van der Waals surface area contributed by atoms with Gasteiger partial charge in [0, 0.05) is 11.6 Å². The molecule has 0 bridgehead atoms. The Morgan fingerprint density at radius 3 is 2.87 bits per heavy atom. The van der Waals surface area contributed by atoms with Crippen LogP contribution >= 0.6 is 22.9 Å². The van der Waals surface area contributed by atoms with E-state index < -0.39 is 5.82 Å². The second-order valence-electron chi connectivity index (χ2n) is 3.05. The molecule has 2 nitrogen and oxygen atoms in total. The summed E-state index contributed by atoms with van der Waals surface area (Å²) >= 11 is 6.67. The van der Waals surface area contributed by atoms with Gasteiger partial charge in [0.1, 0.15) is 5.82 Å². The Balaban J connectivity index is 2.29. The molecular weight excluding hydrogens is 237 g/mol. The van der Waals surface area contributed by atoms with Crippen LogP contribution in [-0.2, 0) is 6.54 Å². The van der Waals surface area contributed by atoms with Gasteiger partial charge in [0.25, 0.3) is 0 Å². The smallest absolute Gasteiger partial charge is 0.302 e. The first-order valence-corrected chi connectivity index (χ1v) is 5.50. The van der Waals surface area contributed by atoms with E-state index in [-0.39, 0.29) is 9.90 Å². The highest BCUT2D eigenvalue weighted by atomic mass is 35.5. The third kappa shape index (κ3) is 2.27. The highest BCUT2D eigenvalue weighted by Crippen LogP contribution is 2.15. The molecule has 15 heavy (non-hydrogen) atoms. The van der Waals surface area contributed by atoms with E-state index in [4.69, 9.17) is 11.6 Å². The van der Waals surface area contributed by atoms with Crippen molar-refractivity contribution in [3.8, 4) is 0 Å². The summed E-state index contributed by atoms with van der Waals surface area (Å²) in [5, 5.41) is 1.80. The van der Waals surface area contributed by atoms with Gasteiger partial charge in [-0.05, 0) is 17.7 Å². The monoisotopic (exact) mass is 243 g/mol. The Hall–Kier alpha value is -1.13. The second-order valence-corrected chi connectivity index (χ2v) is 4.31. The lowest BCUT2D eigenvalue weighted by Gasteiger charge is -2.02. The predicted molar refractivity (Wildman–Crippen MR) is 59.1 cm³/mol. The van der Waals surface area contributed by atoms with Gasteiger partial charge in [0.2, 0.25) is 0 Å². The van der Waals surface area contributed by atoms with Crippen LogP contribution in [0.3, 0.4) is 0 Å². The van der Waals surface area contributed by atoms with Crippen LogP contribution in [0.1, 0.15) is 5.56 Å². The molecule has 1 aromatic carbocycles. The van der Waals surface area contributed by atoms with Crippen LogP contribution in [0.25, 0.3) is 0 Å². The average Bonchev–Trinajstić information content (AvgIpc) is 2.59. The van der Waals surface area contributed by atoms with Crippen molar-refractivity contribution in [2.45, 2.75) is 6.54 Å². The Kier molecular flexibility index (Phi) is 2.88. The molecule has 0 atom stereocenters. The minimum Gasteiger partial charge on any atom is -0.302 e. The lowest BCUT2D eigenvalue weighted by Crippen LogP contribution is -2.12. The number of thiazole rings is 1. The van der Waals surface area contributed by atoms with E-state index in [1.807, 2.05) is 0 Å². The van der Waals surface area contributed by atoms with E-state index >= 15 is 0 Å². The van der Waals surface area contributed by atoms with Crippen LogP contribution in [0, 0.1) is 5.82 Å². The van der Waals surface area contributed by atoms with Crippen LogP contribution in [0.2, 0.25) is 5.02 Å². The number of hydrogen-bond donors (Lipinski definition) is 0. The number of nitrogens with zero attached hydrogens (tertiary/aromatic N) is 1. The van der Waals surface area contributed by atoms with Gasteiger partial charge in [-0.25, -0.2) is 4.39 Å². The number of rotatable bonds is 2. The van der Waals surface area contributed by atoms with Crippen molar-refractivity contribution in [1.82, 2.24) is 4.57 Å². The summed E-state index contributed by atoms with van der Waals surface area (Å²) in [4.78, 5) is 11.2. The zero-order chi connectivity index (χ0) is 10.8. The lowest BCUT2D eigenvalue weighted by atomic mass is 10.2. The van der Waals surface area contributed by atoms with Crippen molar-refractivity contribution in [1.29, 1.82) is 0 Å². The molecule has 5 heteroatoms. The molecule has 0 fully saturated rings. The molecule has 0 aliphatic carbocycles. The first-order chi connectivity index (χ1) is 7.16. The Morgan fingerprint density at radius 2 is 2.27 bits per heavy atom. The fourth-order valence-electron chi connectivity index (χ4n) is 1.24. The van der Waals surface area contributed by atoms with E-state index in [2.05, 4.69) is 0 Å². The molecular formula is C10H7ClFNOS. The van der Waals surface area contributed by atoms with E-state index in [0.717, 1.165) is 16.9 Å². The molecule has 0 spiro atoms. The van der Waals surface area contributed by atoms with Gasteiger partial charge in [-0.3, -0.25) is 4.79 Å². The van der Waals surface area contributed by atoms with Gasteiger partial charge in [-0.2, -0.15) is 0 Å². The summed E-state index contributed by atoms with van der Waals surface area (Å²) in [6.07, 6.45) is 1.68. The predicted octanol–water partition coefficient (Wildman–Crippen LogP) is 2.75. The Labute approximate surface area is 94.6 Å².